The summed E-state index contributed by atoms with van der Waals surface area (Å²) in [5, 5.41) is 3.69. The molecule has 0 atom stereocenters. The summed E-state index contributed by atoms with van der Waals surface area (Å²) in [6, 6.07) is 10.1. The molecule has 0 saturated heterocycles. The van der Waals surface area contributed by atoms with Crippen molar-refractivity contribution in [1.29, 1.82) is 0 Å². The number of anilines is 1. The van der Waals surface area contributed by atoms with Gasteiger partial charge in [0.2, 0.25) is 5.91 Å². The van der Waals surface area contributed by atoms with Crippen LogP contribution in [0.3, 0.4) is 0 Å². The number of rotatable bonds is 6. The van der Waals surface area contributed by atoms with Gasteiger partial charge in [-0.3, -0.25) is 4.79 Å². The summed E-state index contributed by atoms with van der Waals surface area (Å²) in [5.74, 6) is -0.321. The topological polar surface area (TPSA) is 29.1 Å². The number of aryl methyl sites for hydroxylation is 2. The van der Waals surface area contributed by atoms with Crippen LogP contribution in [-0.4, -0.2) is 5.91 Å². The molecule has 0 aliphatic heterocycles. The lowest BCUT2D eigenvalue weighted by Crippen LogP contribution is -2.15. The highest BCUT2D eigenvalue weighted by Crippen LogP contribution is 2.29. The fraction of sp³-hybridized carbons (Fsp3) is 0.316. The highest BCUT2D eigenvalue weighted by Gasteiger charge is 2.13. The van der Waals surface area contributed by atoms with E-state index in [0.717, 1.165) is 35.2 Å². The number of carbonyl (C=O) groups is 1. The van der Waals surface area contributed by atoms with Gasteiger partial charge in [-0.15, -0.1) is 0 Å². The molecule has 1 amide bonds. The van der Waals surface area contributed by atoms with Gasteiger partial charge >= 0.3 is 0 Å². The van der Waals surface area contributed by atoms with E-state index in [1.54, 1.807) is 12.1 Å². The largest absolute Gasteiger partial charge is 0.326 e. The molecule has 0 bridgehead atoms. The van der Waals surface area contributed by atoms with Gasteiger partial charge in [0.1, 0.15) is 5.82 Å². The van der Waals surface area contributed by atoms with Crippen LogP contribution in [0.25, 0.3) is 0 Å². The Morgan fingerprint density at radius 1 is 1.09 bits per heavy atom. The van der Waals surface area contributed by atoms with E-state index in [4.69, 9.17) is 11.6 Å². The first-order valence-electron chi connectivity index (χ1n) is 7.89. The maximum Gasteiger partial charge on any atom is 0.224 e. The van der Waals surface area contributed by atoms with Crippen molar-refractivity contribution in [2.75, 3.05) is 5.32 Å². The molecule has 2 rings (SSSR count). The lowest BCUT2D eigenvalue weighted by molar-refractivity contribution is -0.116. The summed E-state index contributed by atoms with van der Waals surface area (Å²) in [6.07, 6.45) is 2.53. The number of benzene rings is 2. The quantitative estimate of drug-likeness (QED) is 0.775. The fourth-order valence-corrected chi connectivity index (χ4v) is 2.87. The van der Waals surface area contributed by atoms with Crippen molar-refractivity contribution in [2.45, 2.75) is 39.5 Å². The van der Waals surface area contributed by atoms with E-state index in [-0.39, 0.29) is 11.7 Å². The zero-order chi connectivity index (χ0) is 16.8. The molecular weight excluding hydrogens is 313 g/mol. The van der Waals surface area contributed by atoms with Crippen molar-refractivity contribution in [3.8, 4) is 0 Å². The zero-order valence-electron chi connectivity index (χ0n) is 13.5. The Balaban J connectivity index is 2.07. The third-order valence-electron chi connectivity index (χ3n) is 3.89. The summed E-state index contributed by atoms with van der Waals surface area (Å²) in [4.78, 5) is 12.3. The maximum absolute atomic E-state index is 12.9. The Kier molecular flexibility index (Phi) is 6.17. The van der Waals surface area contributed by atoms with E-state index in [1.807, 2.05) is 19.1 Å². The fourth-order valence-electron chi connectivity index (χ4n) is 2.58. The summed E-state index contributed by atoms with van der Waals surface area (Å²) in [5.41, 5.74) is 3.84. The summed E-state index contributed by atoms with van der Waals surface area (Å²) < 4.78 is 12.9. The van der Waals surface area contributed by atoms with Crippen LogP contribution in [0, 0.1) is 5.82 Å². The molecule has 122 valence electrons. The molecule has 0 aliphatic carbocycles. The summed E-state index contributed by atoms with van der Waals surface area (Å²) in [6.45, 7) is 4.08. The van der Waals surface area contributed by atoms with Gasteiger partial charge in [-0.2, -0.15) is 0 Å². The lowest BCUT2D eigenvalue weighted by atomic mass is 10.0. The lowest BCUT2D eigenvalue weighted by Gasteiger charge is -2.16. The van der Waals surface area contributed by atoms with Crippen molar-refractivity contribution >= 4 is 23.2 Å². The molecule has 2 aromatic carbocycles. The van der Waals surface area contributed by atoms with Crippen molar-refractivity contribution in [1.82, 2.24) is 0 Å². The van der Waals surface area contributed by atoms with Crippen LogP contribution in [-0.2, 0) is 24.1 Å². The van der Waals surface area contributed by atoms with E-state index >= 15 is 0 Å². The Morgan fingerprint density at radius 3 is 2.39 bits per heavy atom. The average Bonchev–Trinajstić information content (AvgIpc) is 2.55. The van der Waals surface area contributed by atoms with Gasteiger partial charge < -0.3 is 5.32 Å². The number of hydrogen-bond donors (Lipinski definition) is 1. The van der Waals surface area contributed by atoms with Crippen LogP contribution in [0.5, 0.6) is 0 Å². The second-order valence-electron chi connectivity index (χ2n) is 5.44. The van der Waals surface area contributed by atoms with Gasteiger partial charge in [0, 0.05) is 17.1 Å². The SMILES string of the molecule is CCc1ccc(Cl)c(CC)c1NC(=O)CCc1ccc(F)cc1. The predicted molar refractivity (Wildman–Crippen MR) is 93.6 cm³/mol. The van der Waals surface area contributed by atoms with Gasteiger partial charge in [-0.05, 0) is 54.2 Å². The molecule has 1 N–H and O–H groups in total. The number of amides is 1. The van der Waals surface area contributed by atoms with Gasteiger partial charge in [0.15, 0.2) is 0 Å². The molecule has 0 saturated carbocycles. The van der Waals surface area contributed by atoms with Crippen LogP contribution < -0.4 is 5.32 Å². The van der Waals surface area contributed by atoms with Crippen LogP contribution >= 0.6 is 11.6 Å². The third kappa shape index (κ3) is 4.55. The van der Waals surface area contributed by atoms with Crippen molar-refractivity contribution < 1.29 is 9.18 Å². The average molecular weight is 334 g/mol. The zero-order valence-corrected chi connectivity index (χ0v) is 14.2. The number of nitrogens with one attached hydrogen (secondary N) is 1. The molecule has 0 unspecified atom stereocenters. The molecule has 2 aromatic rings. The predicted octanol–water partition coefficient (Wildman–Crippen LogP) is 5.18. The van der Waals surface area contributed by atoms with Crippen LogP contribution in [0.4, 0.5) is 10.1 Å². The summed E-state index contributed by atoms with van der Waals surface area (Å²) >= 11 is 6.24. The molecule has 0 heterocycles. The minimum Gasteiger partial charge on any atom is -0.326 e. The molecule has 0 spiro atoms. The van der Waals surface area contributed by atoms with Gasteiger partial charge in [0.25, 0.3) is 0 Å². The van der Waals surface area contributed by atoms with Gasteiger partial charge in [0.05, 0.1) is 0 Å². The molecule has 0 aromatic heterocycles. The molecule has 0 fully saturated rings. The van der Waals surface area contributed by atoms with Crippen molar-refractivity contribution in [2.24, 2.45) is 0 Å². The standard InChI is InChI=1S/C19H21ClFNO/c1-3-14-8-11-17(20)16(4-2)19(14)22-18(23)12-7-13-5-9-15(21)10-6-13/h5-6,8-11H,3-4,7,12H2,1-2H3,(H,22,23). The van der Waals surface area contributed by atoms with Crippen molar-refractivity contribution in [3.05, 3.63) is 63.9 Å². The van der Waals surface area contributed by atoms with E-state index in [2.05, 4.69) is 12.2 Å². The first kappa shape index (κ1) is 17.5. The van der Waals surface area contributed by atoms with Crippen LogP contribution in [0.1, 0.15) is 37.0 Å². The molecular formula is C19H21ClFNO. The molecule has 0 aliphatic rings. The Morgan fingerprint density at radius 2 is 1.78 bits per heavy atom. The Hall–Kier alpha value is -1.87. The first-order chi connectivity index (χ1) is 11.0. The maximum atomic E-state index is 12.9. The third-order valence-corrected chi connectivity index (χ3v) is 4.25. The van der Waals surface area contributed by atoms with Crippen LogP contribution in [0.2, 0.25) is 5.02 Å². The van der Waals surface area contributed by atoms with E-state index < -0.39 is 0 Å². The van der Waals surface area contributed by atoms with Gasteiger partial charge in [-0.1, -0.05) is 43.6 Å². The summed E-state index contributed by atoms with van der Waals surface area (Å²) in [7, 11) is 0. The van der Waals surface area contributed by atoms with E-state index in [1.165, 1.54) is 12.1 Å². The van der Waals surface area contributed by atoms with E-state index in [0.29, 0.717) is 17.9 Å². The Bertz CT molecular complexity index is 683. The minimum atomic E-state index is -0.266. The smallest absolute Gasteiger partial charge is 0.224 e. The molecule has 2 nitrogen and oxygen atoms in total. The highest BCUT2D eigenvalue weighted by atomic mass is 35.5. The normalized spacial score (nSPS) is 10.6. The second-order valence-corrected chi connectivity index (χ2v) is 5.85. The molecule has 4 heteroatoms. The van der Waals surface area contributed by atoms with E-state index in [9.17, 15) is 9.18 Å². The minimum absolute atomic E-state index is 0.0546. The van der Waals surface area contributed by atoms with Gasteiger partial charge in [-0.25, -0.2) is 4.39 Å². The number of halogens is 2. The second kappa shape index (κ2) is 8.11. The Labute approximate surface area is 141 Å². The first-order valence-corrected chi connectivity index (χ1v) is 8.27. The highest BCUT2D eigenvalue weighted by molar-refractivity contribution is 6.32. The number of hydrogen-bond acceptors (Lipinski definition) is 1. The number of carbonyl (C=O) groups excluding carboxylic acids is 1. The molecule has 0 radical (unpaired) electrons. The van der Waals surface area contributed by atoms with Crippen molar-refractivity contribution in [3.63, 3.8) is 0 Å². The van der Waals surface area contributed by atoms with Crippen LogP contribution in [0.15, 0.2) is 36.4 Å². The molecule has 23 heavy (non-hydrogen) atoms. The monoisotopic (exact) mass is 333 g/mol.